The molecule has 2 fully saturated rings. The number of rotatable bonds is 6. The largest absolute Gasteiger partial charge is 0.389 e. The molecule has 1 saturated carbocycles. The Hall–Kier alpha value is -0.420. The third-order valence-corrected chi connectivity index (χ3v) is 6.11. The topological polar surface area (TPSA) is 41.9 Å². The molecule has 0 spiro atoms. The molecule has 4 heteroatoms. The molecule has 2 bridgehead atoms. The lowest BCUT2D eigenvalue weighted by molar-refractivity contribution is -0.0435. The third-order valence-electron chi connectivity index (χ3n) is 6.11. The van der Waals surface area contributed by atoms with Crippen LogP contribution in [-0.4, -0.2) is 61.7 Å². The monoisotopic (exact) mass is 309 g/mol. The molecule has 1 heterocycles. The van der Waals surface area contributed by atoms with Crippen LogP contribution in [0.4, 0.5) is 0 Å². The van der Waals surface area contributed by atoms with Crippen LogP contribution in [-0.2, 0) is 9.47 Å². The van der Waals surface area contributed by atoms with Crippen molar-refractivity contribution >= 4 is 0 Å². The summed E-state index contributed by atoms with van der Waals surface area (Å²) in [7, 11) is 0. The maximum Gasteiger partial charge on any atom is 0.0900 e. The first-order valence-electron chi connectivity index (χ1n) is 8.75. The lowest BCUT2D eigenvalue weighted by atomic mass is 9.49. The van der Waals surface area contributed by atoms with Gasteiger partial charge in [-0.15, -0.1) is 0 Å². The van der Waals surface area contributed by atoms with Crippen LogP contribution in [0, 0.1) is 17.3 Å². The Bertz CT molecular complexity index is 421. The van der Waals surface area contributed by atoms with Crippen LogP contribution in [0.25, 0.3) is 0 Å². The number of β-amino-alcohol motifs (C(OH)–C–C–N with tert-alkyl or cyclic N) is 1. The van der Waals surface area contributed by atoms with Crippen LogP contribution in [0.1, 0.15) is 33.6 Å². The predicted molar refractivity (Wildman–Crippen MR) is 86.8 cm³/mol. The molecular weight excluding hydrogens is 278 g/mol. The standard InChI is InChI=1S/C18H31NO3/c1-13-10-21-7-6-19(13)9-16(20)12-22-11-14-4-5-15-8-17(14)18(15,2)3/h4,13,15-17,20H,5-12H2,1-3H3. The molecule has 4 nitrogen and oxygen atoms in total. The quantitative estimate of drug-likeness (QED) is 0.763. The van der Waals surface area contributed by atoms with Crippen molar-refractivity contribution in [3.05, 3.63) is 11.6 Å². The van der Waals surface area contributed by atoms with Crippen LogP contribution in [0.2, 0.25) is 0 Å². The minimum absolute atomic E-state index is 0.386. The molecule has 4 rings (SSSR count). The fourth-order valence-electron chi connectivity index (χ4n) is 4.31. The van der Waals surface area contributed by atoms with E-state index in [0.29, 0.717) is 37.1 Å². The molecule has 22 heavy (non-hydrogen) atoms. The van der Waals surface area contributed by atoms with Gasteiger partial charge in [-0.05, 0) is 42.6 Å². The van der Waals surface area contributed by atoms with Gasteiger partial charge < -0.3 is 14.6 Å². The van der Waals surface area contributed by atoms with Gasteiger partial charge in [0.2, 0.25) is 0 Å². The minimum atomic E-state index is -0.410. The number of allylic oxidation sites excluding steroid dienone is 1. The van der Waals surface area contributed by atoms with Crippen molar-refractivity contribution in [2.75, 3.05) is 39.5 Å². The molecule has 4 unspecified atom stereocenters. The summed E-state index contributed by atoms with van der Waals surface area (Å²) in [5, 5.41) is 10.2. The van der Waals surface area contributed by atoms with Gasteiger partial charge in [-0.25, -0.2) is 0 Å². The first-order valence-corrected chi connectivity index (χ1v) is 8.75. The summed E-state index contributed by atoms with van der Waals surface area (Å²) in [6.07, 6.45) is 4.50. The molecule has 0 aromatic rings. The molecular formula is C18H31NO3. The summed E-state index contributed by atoms with van der Waals surface area (Å²) in [5.41, 5.74) is 1.91. The van der Waals surface area contributed by atoms with Crippen molar-refractivity contribution in [1.82, 2.24) is 4.90 Å². The molecule has 0 aromatic carbocycles. The Morgan fingerprint density at radius 1 is 1.50 bits per heavy atom. The Labute approximate surface area is 134 Å². The Balaban J connectivity index is 1.39. The first-order chi connectivity index (χ1) is 10.5. The molecule has 3 aliphatic carbocycles. The molecule has 4 aliphatic rings. The number of aliphatic hydroxyl groups is 1. The molecule has 1 saturated heterocycles. The van der Waals surface area contributed by atoms with Crippen molar-refractivity contribution < 1.29 is 14.6 Å². The van der Waals surface area contributed by atoms with Gasteiger partial charge in [0, 0.05) is 19.1 Å². The molecule has 0 aromatic heterocycles. The SMILES string of the molecule is CC1COCCN1CC(O)COCC1=CCC2CC1C2(C)C. The first kappa shape index (κ1) is 16.4. The fraction of sp³-hybridized carbons (Fsp3) is 0.889. The maximum atomic E-state index is 10.2. The normalized spacial score (nSPS) is 35.6. The van der Waals surface area contributed by atoms with Crippen molar-refractivity contribution in [3.8, 4) is 0 Å². The van der Waals surface area contributed by atoms with Crippen LogP contribution < -0.4 is 0 Å². The van der Waals surface area contributed by atoms with E-state index in [9.17, 15) is 5.11 Å². The van der Waals surface area contributed by atoms with Crippen molar-refractivity contribution in [3.63, 3.8) is 0 Å². The highest BCUT2D eigenvalue weighted by molar-refractivity contribution is 5.23. The summed E-state index contributed by atoms with van der Waals surface area (Å²) in [5.74, 6) is 1.57. The molecule has 0 radical (unpaired) electrons. The highest BCUT2D eigenvalue weighted by Crippen LogP contribution is 2.59. The lowest BCUT2D eigenvalue weighted by Gasteiger charge is -2.56. The second-order valence-electron chi connectivity index (χ2n) is 7.91. The number of aliphatic hydroxyl groups excluding tert-OH is 1. The lowest BCUT2D eigenvalue weighted by Crippen LogP contribution is -2.49. The van der Waals surface area contributed by atoms with Crippen LogP contribution in [0.15, 0.2) is 11.6 Å². The number of morpholine rings is 1. The van der Waals surface area contributed by atoms with Gasteiger partial charge in [-0.2, -0.15) is 0 Å². The van der Waals surface area contributed by atoms with E-state index in [2.05, 4.69) is 31.7 Å². The van der Waals surface area contributed by atoms with Gasteiger partial charge in [0.25, 0.3) is 0 Å². The zero-order valence-corrected chi connectivity index (χ0v) is 14.3. The molecule has 1 N–H and O–H groups in total. The van der Waals surface area contributed by atoms with E-state index in [0.717, 1.165) is 25.7 Å². The average molecular weight is 309 g/mol. The van der Waals surface area contributed by atoms with Crippen LogP contribution >= 0.6 is 0 Å². The van der Waals surface area contributed by atoms with E-state index in [-0.39, 0.29) is 0 Å². The number of ether oxygens (including phenoxy) is 2. The van der Waals surface area contributed by atoms with Gasteiger partial charge in [-0.3, -0.25) is 4.90 Å². The van der Waals surface area contributed by atoms with Crippen molar-refractivity contribution in [2.45, 2.75) is 45.8 Å². The Kier molecular flexibility index (Phi) is 4.93. The summed E-state index contributed by atoms with van der Waals surface area (Å²) in [4.78, 5) is 2.29. The van der Waals surface area contributed by atoms with E-state index in [1.54, 1.807) is 0 Å². The van der Waals surface area contributed by atoms with Gasteiger partial charge in [0.1, 0.15) is 0 Å². The zero-order chi connectivity index (χ0) is 15.7. The number of hydrogen-bond donors (Lipinski definition) is 1. The van der Waals surface area contributed by atoms with Gasteiger partial charge >= 0.3 is 0 Å². The molecule has 126 valence electrons. The minimum Gasteiger partial charge on any atom is -0.389 e. The summed E-state index contributed by atoms with van der Waals surface area (Å²) >= 11 is 0. The van der Waals surface area contributed by atoms with E-state index in [4.69, 9.17) is 9.47 Å². The van der Waals surface area contributed by atoms with E-state index >= 15 is 0 Å². The summed E-state index contributed by atoms with van der Waals surface area (Å²) < 4.78 is 11.3. The second kappa shape index (κ2) is 6.60. The second-order valence-corrected chi connectivity index (χ2v) is 7.91. The maximum absolute atomic E-state index is 10.2. The molecule has 0 amide bonds. The summed E-state index contributed by atoms with van der Waals surface area (Å²) in [6.45, 7) is 11.1. The van der Waals surface area contributed by atoms with Gasteiger partial charge in [-0.1, -0.05) is 19.9 Å². The van der Waals surface area contributed by atoms with Crippen molar-refractivity contribution in [1.29, 1.82) is 0 Å². The van der Waals surface area contributed by atoms with E-state index < -0.39 is 6.10 Å². The Morgan fingerprint density at radius 2 is 2.32 bits per heavy atom. The molecule has 1 aliphatic heterocycles. The highest BCUT2D eigenvalue weighted by Gasteiger charge is 2.50. The van der Waals surface area contributed by atoms with Crippen LogP contribution in [0.5, 0.6) is 0 Å². The third kappa shape index (κ3) is 3.25. The van der Waals surface area contributed by atoms with E-state index in [1.165, 1.54) is 18.4 Å². The van der Waals surface area contributed by atoms with Crippen LogP contribution in [0.3, 0.4) is 0 Å². The highest BCUT2D eigenvalue weighted by atomic mass is 16.5. The zero-order valence-electron chi connectivity index (χ0n) is 14.3. The average Bonchev–Trinajstić information content (AvgIpc) is 2.49. The summed E-state index contributed by atoms with van der Waals surface area (Å²) in [6, 6.07) is 0.386. The number of nitrogens with zero attached hydrogens (tertiary/aromatic N) is 1. The number of hydrogen-bond acceptors (Lipinski definition) is 4. The predicted octanol–water partition coefficient (Wildman–Crippen LogP) is 2.08. The fourth-order valence-corrected chi connectivity index (χ4v) is 4.31. The Morgan fingerprint density at radius 3 is 3.00 bits per heavy atom. The number of fused-ring (bicyclic) bond motifs is 1. The van der Waals surface area contributed by atoms with Crippen molar-refractivity contribution in [2.24, 2.45) is 17.3 Å². The van der Waals surface area contributed by atoms with Gasteiger partial charge in [0.05, 0.1) is 32.5 Å². The van der Waals surface area contributed by atoms with Gasteiger partial charge in [0.15, 0.2) is 0 Å². The molecule has 4 atom stereocenters. The smallest absolute Gasteiger partial charge is 0.0900 e. The van der Waals surface area contributed by atoms with E-state index in [1.807, 2.05) is 0 Å².